The molecule has 5 aliphatic heterocycles. The molecule has 0 saturated carbocycles. The van der Waals surface area contributed by atoms with Crippen LogP contribution in [-0.4, -0.2) is 118 Å². The lowest BCUT2D eigenvalue weighted by Crippen LogP contribution is -2.53. The number of imidazole rings is 2. The average Bonchev–Trinajstić information content (AvgIpc) is 4.06. The minimum Gasteiger partial charge on any atom is -0.481 e. The highest BCUT2D eigenvalue weighted by atomic mass is 32.2. The van der Waals surface area contributed by atoms with Crippen LogP contribution in [0.15, 0.2) is 88.8 Å². The second-order valence-electron chi connectivity index (χ2n) is 16.6. The van der Waals surface area contributed by atoms with Crippen LogP contribution in [0.1, 0.15) is 72.7 Å². The number of nitriles is 1. The smallest absolute Gasteiger partial charge is 0.300 e. The Balaban J connectivity index is 0.000000165. The van der Waals surface area contributed by atoms with Crippen molar-refractivity contribution in [2.75, 3.05) is 32.4 Å². The minimum absolute atomic E-state index is 0.300. The first-order valence-corrected chi connectivity index (χ1v) is 22.9. The predicted octanol–water partition coefficient (Wildman–Crippen LogP) is 5.01. The van der Waals surface area contributed by atoms with E-state index in [4.69, 9.17) is 20.9 Å². The molecule has 4 N–H and O–H groups in total. The van der Waals surface area contributed by atoms with E-state index in [-0.39, 0.29) is 0 Å². The molecule has 7 heterocycles. The number of fused-ring (bicyclic) bond motifs is 2. The van der Waals surface area contributed by atoms with Crippen LogP contribution in [-0.2, 0) is 48.6 Å². The maximum Gasteiger partial charge on any atom is 0.300 e. The highest BCUT2D eigenvalue weighted by molar-refractivity contribution is 8.13. The molecule has 334 valence electrons. The summed E-state index contributed by atoms with van der Waals surface area (Å²) in [6.07, 6.45) is 17.8. The van der Waals surface area contributed by atoms with Gasteiger partial charge in [-0.15, -0.1) is 15.2 Å². The molecule has 16 nitrogen and oxygen atoms in total. The van der Waals surface area contributed by atoms with Gasteiger partial charge in [0.1, 0.15) is 17.5 Å². The molecule has 4 aromatic rings. The van der Waals surface area contributed by atoms with Gasteiger partial charge in [0, 0.05) is 103 Å². The summed E-state index contributed by atoms with van der Waals surface area (Å²) in [7, 11) is 0. The van der Waals surface area contributed by atoms with E-state index in [1.54, 1.807) is 6.19 Å². The highest BCUT2D eigenvalue weighted by Crippen LogP contribution is 2.28. The van der Waals surface area contributed by atoms with E-state index in [0.717, 1.165) is 82.9 Å². The Morgan fingerprint density at radius 1 is 0.905 bits per heavy atom. The molecule has 0 amide bonds. The standard InChI is InChI=1S/C22H29N7.C14H17N3.C8H11N3OS.C2H4O2/c1-16-2-4-17(5-3-16)10-19-13-28-15-24-12-20(28)14-29(19)18-6-8-27(9-7-18)22-11-21(23)25-26-22;1-11-2-4-12(5-3-11)6-13-9-17-10-15-7-14(17)8-16-13;1-13-8(10-6-9)11-4-2-7(12)3-5-11;1-2(3)4/h2-5,12,15,18-19H,6-11,13-14H2,1H3,(H2,23,25);2-5,7,10,13,16H,6,8-9H2,1H3;2-5H2,1H3;1H3,(H,3,4)/t19-;;;/m0.../s1. The van der Waals surface area contributed by atoms with Crippen molar-refractivity contribution in [2.24, 2.45) is 20.9 Å². The van der Waals surface area contributed by atoms with Gasteiger partial charge in [0.2, 0.25) is 6.19 Å². The molecular formula is C46H61N13O3S. The molecule has 5 aliphatic rings. The predicted molar refractivity (Wildman–Crippen MR) is 248 cm³/mol. The molecule has 1 unspecified atom stereocenters. The second kappa shape index (κ2) is 23.0. The van der Waals surface area contributed by atoms with Crippen molar-refractivity contribution in [1.29, 1.82) is 5.26 Å². The SMILES string of the molecule is CC(=O)O.CSC(=NC#N)N1CCC(=O)CC1.Cc1ccc(CC2Cn3cncc3CN2)cc1.Cc1ccc(C[C@H]2Cn3cncc3CN2C2CCN(C3=NN=C(N)C3)CC2)cc1. The summed E-state index contributed by atoms with van der Waals surface area (Å²) in [6, 6.07) is 19.4. The maximum atomic E-state index is 10.9. The number of likely N-dealkylation sites (tertiary alicyclic amines) is 2. The number of carboxylic acid groups (broad SMARTS) is 1. The number of ketones is 1. The van der Waals surface area contributed by atoms with Crippen LogP contribution in [0.2, 0.25) is 0 Å². The monoisotopic (exact) mass is 875 g/mol. The molecule has 2 saturated heterocycles. The van der Waals surface area contributed by atoms with E-state index in [1.807, 2.05) is 36.2 Å². The lowest BCUT2D eigenvalue weighted by molar-refractivity contribution is -0.134. The van der Waals surface area contributed by atoms with Gasteiger partial charge in [0.15, 0.2) is 5.17 Å². The van der Waals surface area contributed by atoms with E-state index in [2.05, 4.69) is 112 Å². The zero-order chi connectivity index (χ0) is 44.7. The van der Waals surface area contributed by atoms with E-state index < -0.39 is 5.97 Å². The number of aromatic nitrogens is 4. The number of nitrogens with two attached hydrogens (primary N) is 1. The van der Waals surface area contributed by atoms with Crippen molar-refractivity contribution in [1.82, 2.24) is 39.1 Å². The van der Waals surface area contributed by atoms with Gasteiger partial charge in [-0.2, -0.15) is 5.26 Å². The van der Waals surface area contributed by atoms with Crippen molar-refractivity contribution in [2.45, 2.75) is 110 Å². The molecule has 2 aromatic heterocycles. The van der Waals surface area contributed by atoms with Gasteiger partial charge >= 0.3 is 0 Å². The second-order valence-corrected chi connectivity index (χ2v) is 17.4. The Labute approximate surface area is 375 Å². The third-order valence-electron chi connectivity index (χ3n) is 11.9. The number of rotatable bonds is 5. The Bertz CT molecular complexity index is 2240. The van der Waals surface area contributed by atoms with Gasteiger partial charge in [-0.3, -0.25) is 14.5 Å². The third-order valence-corrected chi connectivity index (χ3v) is 12.6. The van der Waals surface area contributed by atoms with E-state index in [9.17, 15) is 4.79 Å². The number of amidine groups is 3. The van der Waals surface area contributed by atoms with Crippen molar-refractivity contribution in [3.63, 3.8) is 0 Å². The highest BCUT2D eigenvalue weighted by Gasteiger charge is 2.34. The van der Waals surface area contributed by atoms with Crippen LogP contribution in [0.5, 0.6) is 0 Å². The van der Waals surface area contributed by atoms with Gasteiger partial charge in [-0.25, -0.2) is 9.97 Å². The van der Waals surface area contributed by atoms with Crippen molar-refractivity contribution in [3.8, 4) is 6.19 Å². The summed E-state index contributed by atoms with van der Waals surface area (Å²) in [5.74, 6) is 1.13. The molecule has 0 aliphatic carbocycles. The summed E-state index contributed by atoms with van der Waals surface area (Å²) in [5.41, 5.74) is 13.9. The largest absolute Gasteiger partial charge is 0.481 e. The molecule has 2 fully saturated rings. The Morgan fingerprint density at radius 2 is 1.49 bits per heavy atom. The van der Waals surface area contributed by atoms with Crippen LogP contribution in [0, 0.1) is 25.3 Å². The first-order valence-electron chi connectivity index (χ1n) is 21.7. The minimum atomic E-state index is -0.833. The number of aryl methyl sites for hydroxylation is 2. The number of hydrogen-bond donors (Lipinski definition) is 3. The number of aliphatic imine (C=N–C) groups is 1. The molecule has 0 radical (unpaired) electrons. The number of carbonyl (C=O) groups excluding carboxylic acids is 1. The van der Waals surface area contributed by atoms with E-state index in [0.29, 0.717) is 62.1 Å². The summed E-state index contributed by atoms with van der Waals surface area (Å²) >= 11 is 1.44. The van der Waals surface area contributed by atoms with Crippen LogP contribution < -0.4 is 11.1 Å². The summed E-state index contributed by atoms with van der Waals surface area (Å²) in [5, 5.41) is 28.4. The molecule has 2 aromatic carbocycles. The number of carboxylic acids is 1. The third kappa shape index (κ3) is 13.8. The summed E-state index contributed by atoms with van der Waals surface area (Å²) in [4.78, 5) is 39.3. The maximum absolute atomic E-state index is 10.9. The number of carbonyl (C=O) groups is 2. The fourth-order valence-electron chi connectivity index (χ4n) is 8.47. The van der Waals surface area contributed by atoms with Gasteiger partial charge in [0.25, 0.3) is 5.97 Å². The molecule has 2 atom stereocenters. The Hall–Kier alpha value is -5.83. The number of nitrogens with zero attached hydrogens (tertiary/aromatic N) is 11. The number of thioether (sulfide) groups is 1. The molecule has 63 heavy (non-hydrogen) atoms. The normalized spacial score (nSPS) is 20.0. The van der Waals surface area contributed by atoms with Crippen molar-refractivity contribution in [3.05, 3.63) is 107 Å². The number of nitrogens with one attached hydrogen (secondary N) is 1. The Morgan fingerprint density at radius 3 is 2.06 bits per heavy atom. The zero-order valence-electron chi connectivity index (χ0n) is 36.9. The number of benzene rings is 2. The van der Waals surface area contributed by atoms with Gasteiger partial charge in [-0.05, 0) is 56.9 Å². The molecular weight excluding hydrogens is 815 g/mol. The fraction of sp³-hybridized carbons (Fsp3) is 0.478. The van der Waals surface area contributed by atoms with Crippen LogP contribution >= 0.6 is 11.8 Å². The van der Waals surface area contributed by atoms with Crippen LogP contribution in [0.3, 0.4) is 0 Å². The van der Waals surface area contributed by atoms with E-state index >= 15 is 0 Å². The van der Waals surface area contributed by atoms with E-state index in [1.165, 1.54) is 45.4 Å². The Kier molecular flexibility index (Phi) is 17.1. The van der Waals surface area contributed by atoms with Gasteiger partial charge in [0.05, 0.1) is 30.5 Å². The van der Waals surface area contributed by atoms with Crippen LogP contribution in [0.25, 0.3) is 0 Å². The topological polar surface area (TPSA) is 199 Å². The van der Waals surface area contributed by atoms with Gasteiger partial charge < -0.3 is 35.1 Å². The number of aliphatic carboxylic acids is 1. The fourth-order valence-corrected chi connectivity index (χ4v) is 9.05. The number of hydrogen-bond acceptors (Lipinski definition) is 13. The first kappa shape index (κ1) is 46.7. The zero-order valence-corrected chi connectivity index (χ0v) is 37.8. The van der Waals surface area contributed by atoms with Crippen molar-refractivity contribution < 1.29 is 14.7 Å². The quantitative estimate of drug-likeness (QED) is 0.138. The first-order chi connectivity index (χ1) is 30.5. The number of piperidine rings is 2. The summed E-state index contributed by atoms with van der Waals surface area (Å²) in [6.45, 7) is 12.7. The van der Waals surface area contributed by atoms with Crippen LogP contribution in [0.4, 0.5) is 0 Å². The molecule has 9 rings (SSSR count). The van der Waals surface area contributed by atoms with Crippen molar-refractivity contribution >= 4 is 40.4 Å². The van der Waals surface area contributed by atoms with Gasteiger partial charge in [-0.1, -0.05) is 71.4 Å². The summed E-state index contributed by atoms with van der Waals surface area (Å²) < 4.78 is 4.58. The molecule has 17 heteroatoms. The lowest BCUT2D eigenvalue weighted by Gasteiger charge is -2.45. The average molecular weight is 876 g/mol. The molecule has 0 spiro atoms. The number of Topliss-reactive ketones (excluding diaryl/α,β-unsaturated/α-hetero) is 1. The molecule has 0 bridgehead atoms. The lowest BCUT2D eigenvalue weighted by atomic mass is 9.95.